The summed E-state index contributed by atoms with van der Waals surface area (Å²) in [4.78, 5) is 0. The lowest BCUT2D eigenvalue weighted by atomic mass is 10.1. The Bertz CT molecular complexity index is 398. The molecule has 0 aromatic heterocycles. The fourth-order valence-electron chi connectivity index (χ4n) is 1.41. The highest BCUT2D eigenvalue weighted by molar-refractivity contribution is 5.45. The summed E-state index contributed by atoms with van der Waals surface area (Å²) in [6, 6.07) is 7.62. The average molecular weight is 235 g/mol. The molecule has 1 unspecified atom stereocenters. The minimum Gasteiger partial charge on any atom is -0.489 e. The predicted molar refractivity (Wildman–Crippen MR) is 64.1 cm³/mol. The van der Waals surface area contributed by atoms with Crippen LogP contribution in [0.1, 0.15) is 11.1 Å². The third-order valence-corrected chi connectivity index (χ3v) is 2.37. The summed E-state index contributed by atoms with van der Waals surface area (Å²) in [6.07, 6.45) is -0.132. The number of nitrogens with zero attached hydrogens (tertiary/aromatic N) is 1. The Morgan fingerprint density at radius 1 is 1.29 bits per heavy atom. The number of nitriles is 1. The smallest absolute Gasteiger partial charge is 0.137 e. The van der Waals surface area contributed by atoms with Crippen molar-refractivity contribution in [2.45, 2.75) is 13.0 Å². The average Bonchev–Trinajstić information content (AvgIpc) is 2.35. The van der Waals surface area contributed by atoms with Crippen molar-refractivity contribution in [3.63, 3.8) is 0 Å². The van der Waals surface area contributed by atoms with Gasteiger partial charge in [-0.3, -0.25) is 0 Å². The lowest BCUT2D eigenvalue weighted by molar-refractivity contribution is 0.000820. The van der Waals surface area contributed by atoms with Gasteiger partial charge in [0.2, 0.25) is 0 Å². The highest BCUT2D eigenvalue weighted by atomic mass is 16.5. The maximum Gasteiger partial charge on any atom is 0.137 e. The molecule has 0 N–H and O–H groups in total. The number of aryl methyl sites for hydroxylation is 1. The van der Waals surface area contributed by atoms with E-state index in [2.05, 4.69) is 6.07 Å². The monoisotopic (exact) mass is 235 g/mol. The van der Waals surface area contributed by atoms with Crippen molar-refractivity contribution in [1.82, 2.24) is 0 Å². The van der Waals surface area contributed by atoms with E-state index in [0.717, 1.165) is 5.56 Å². The Kier molecular flexibility index (Phi) is 5.47. The SMILES string of the molecule is COCC(COc1ccc(C)cc1C#N)OC. The van der Waals surface area contributed by atoms with E-state index in [9.17, 15) is 0 Å². The molecule has 1 aromatic rings. The maximum atomic E-state index is 8.98. The number of rotatable bonds is 6. The van der Waals surface area contributed by atoms with Crippen molar-refractivity contribution in [3.8, 4) is 11.8 Å². The van der Waals surface area contributed by atoms with Crippen LogP contribution in [-0.2, 0) is 9.47 Å². The first kappa shape index (κ1) is 13.5. The lowest BCUT2D eigenvalue weighted by Gasteiger charge is -2.16. The van der Waals surface area contributed by atoms with Crippen molar-refractivity contribution in [2.75, 3.05) is 27.4 Å². The molecule has 1 rings (SSSR count). The molecule has 0 radical (unpaired) electrons. The quantitative estimate of drug-likeness (QED) is 0.755. The van der Waals surface area contributed by atoms with Gasteiger partial charge in [-0.1, -0.05) is 6.07 Å². The van der Waals surface area contributed by atoms with Crippen LogP contribution in [0.4, 0.5) is 0 Å². The van der Waals surface area contributed by atoms with Crippen LogP contribution in [0.15, 0.2) is 18.2 Å². The zero-order valence-electron chi connectivity index (χ0n) is 10.4. The molecule has 1 aromatic carbocycles. The summed E-state index contributed by atoms with van der Waals surface area (Å²) in [5.41, 5.74) is 1.58. The molecule has 0 spiro atoms. The molecule has 0 fully saturated rings. The summed E-state index contributed by atoms with van der Waals surface area (Å²) >= 11 is 0. The standard InChI is InChI=1S/C13H17NO3/c1-10-4-5-13(11(6-10)7-14)17-9-12(16-3)8-15-2/h4-6,12H,8-9H2,1-3H3. The molecule has 0 aliphatic carbocycles. The van der Waals surface area contributed by atoms with Gasteiger partial charge in [0.05, 0.1) is 12.2 Å². The fraction of sp³-hybridized carbons (Fsp3) is 0.462. The number of methoxy groups -OCH3 is 2. The summed E-state index contributed by atoms with van der Waals surface area (Å²) < 4.78 is 15.7. The van der Waals surface area contributed by atoms with Gasteiger partial charge in [-0.2, -0.15) is 5.26 Å². The predicted octanol–water partition coefficient (Wildman–Crippen LogP) is 1.91. The normalized spacial score (nSPS) is 11.9. The van der Waals surface area contributed by atoms with Gasteiger partial charge in [0.15, 0.2) is 0 Å². The second-order valence-electron chi connectivity index (χ2n) is 3.74. The lowest BCUT2D eigenvalue weighted by Crippen LogP contribution is -2.25. The van der Waals surface area contributed by atoms with Crippen LogP contribution in [0.3, 0.4) is 0 Å². The number of hydrogen-bond donors (Lipinski definition) is 0. The summed E-state index contributed by atoms with van der Waals surface area (Å²) in [6.45, 7) is 2.76. The molecule has 1 atom stereocenters. The van der Waals surface area contributed by atoms with E-state index in [-0.39, 0.29) is 6.10 Å². The highest BCUT2D eigenvalue weighted by Crippen LogP contribution is 2.19. The summed E-state index contributed by atoms with van der Waals surface area (Å²) in [5, 5.41) is 8.98. The van der Waals surface area contributed by atoms with Crippen LogP contribution in [0.5, 0.6) is 5.75 Å². The van der Waals surface area contributed by atoms with Gasteiger partial charge >= 0.3 is 0 Å². The molecular weight excluding hydrogens is 218 g/mol. The van der Waals surface area contributed by atoms with Crippen molar-refractivity contribution >= 4 is 0 Å². The van der Waals surface area contributed by atoms with Gasteiger partial charge in [-0.15, -0.1) is 0 Å². The van der Waals surface area contributed by atoms with Gasteiger partial charge in [-0.05, 0) is 24.6 Å². The number of benzene rings is 1. The molecule has 0 amide bonds. The van der Waals surface area contributed by atoms with Gasteiger partial charge in [0, 0.05) is 14.2 Å². The van der Waals surface area contributed by atoms with Crippen LogP contribution in [0.2, 0.25) is 0 Å². The van der Waals surface area contributed by atoms with E-state index in [1.54, 1.807) is 26.4 Å². The largest absolute Gasteiger partial charge is 0.489 e. The number of ether oxygens (including phenoxy) is 3. The maximum absolute atomic E-state index is 8.98. The Morgan fingerprint density at radius 2 is 2.06 bits per heavy atom. The number of hydrogen-bond acceptors (Lipinski definition) is 4. The van der Waals surface area contributed by atoms with Crippen molar-refractivity contribution < 1.29 is 14.2 Å². The van der Waals surface area contributed by atoms with Gasteiger partial charge in [0.1, 0.15) is 24.5 Å². The van der Waals surface area contributed by atoms with E-state index >= 15 is 0 Å². The minimum absolute atomic E-state index is 0.132. The third kappa shape index (κ3) is 4.06. The first-order valence-electron chi connectivity index (χ1n) is 5.36. The van der Waals surface area contributed by atoms with E-state index in [1.807, 2.05) is 13.0 Å². The Balaban J connectivity index is 2.65. The second-order valence-corrected chi connectivity index (χ2v) is 3.74. The van der Waals surface area contributed by atoms with Crippen molar-refractivity contribution in [3.05, 3.63) is 29.3 Å². The Labute approximate surface area is 102 Å². The first-order chi connectivity index (χ1) is 8.21. The molecule has 0 heterocycles. The summed E-state index contributed by atoms with van der Waals surface area (Å²) in [5.74, 6) is 0.580. The van der Waals surface area contributed by atoms with Crippen molar-refractivity contribution in [1.29, 1.82) is 5.26 Å². The molecule has 0 bridgehead atoms. The minimum atomic E-state index is -0.132. The van der Waals surface area contributed by atoms with E-state index in [4.69, 9.17) is 19.5 Å². The van der Waals surface area contributed by atoms with Crippen LogP contribution in [0.25, 0.3) is 0 Å². The van der Waals surface area contributed by atoms with E-state index < -0.39 is 0 Å². The Hall–Kier alpha value is -1.57. The first-order valence-corrected chi connectivity index (χ1v) is 5.36. The van der Waals surface area contributed by atoms with Crippen LogP contribution < -0.4 is 4.74 Å². The zero-order chi connectivity index (χ0) is 12.7. The highest BCUT2D eigenvalue weighted by Gasteiger charge is 2.10. The molecule has 0 aliphatic heterocycles. The molecule has 92 valence electrons. The van der Waals surface area contributed by atoms with E-state index in [0.29, 0.717) is 24.5 Å². The van der Waals surface area contributed by atoms with Gasteiger partial charge in [-0.25, -0.2) is 0 Å². The zero-order valence-corrected chi connectivity index (χ0v) is 10.4. The molecule has 4 heteroatoms. The molecule has 4 nitrogen and oxygen atoms in total. The van der Waals surface area contributed by atoms with Crippen LogP contribution in [0, 0.1) is 18.3 Å². The van der Waals surface area contributed by atoms with Gasteiger partial charge in [0.25, 0.3) is 0 Å². The molecule has 0 saturated heterocycles. The molecule has 0 saturated carbocycles. The molecular formula is C13H17NO3. The Morgan fingerprint density at radius 3 is 2.65 bits per heavy atom. The van der Waals surface area contributed by atoms with Gasteiger partial charge < -0.3 is 14.2 Å². The van der Waals surface area contributed by atoms with E-state index in [1.165, 1.54) is 0 Å². The van der Waals surface area contributed by atoms with Crippen molar-refractivity contribution in [2.24, 2.45) is 0 Å². The second kappa shape index (κ2) is 6.89. The summed E-state index contributed by atoms with van der Waals surface area (Å²) in [7, 11) is 3.21. The molecule has 17 heavy (non-hydrogen) atoms. The van der Waals surface area contributed by atoms with Crippen LogP contribution >= 0.6 is 0 Å². The topological polar surface area (TPSA) is 51.5 Å². The van der Waals surface area contributed by atoms with Crippen LogP contribution in [-0.4, -0.2) is 33.5 Å². The third-order valence-electron chi connectivity index (χ3n) is 2.37. The fourth-order valence-corrected chi connectivity index (χ4v) is 1.41. The molecule has 0 aliphatic rings.